The average Bonchev–Trinajstić information content (AvgIpc) is 2.47. The predicted octanol–water partition coefficient (Wildman–Crippen LogP) is 3.01. The molecule has 1 aromatic rings. The van der Waals surface area contributed by atoms with Gasteiger partial charge in [-0.05, 0) is 44.5 Å². The number of ether oxygens (including phenoxy) is 1. The van der Waals surface area contributed by atoms with E-state index >= 15 is 0 Å². The third kappa shape index (κ3) is 3.33. The van der Waals surface area contributed by atoms with E-state index in [0.717, 1.165) is 19.7 Å². The normalized spacial score (nSPS) is 20.5. The lowest BCUT2D eigenvalue weighted by Gasteiger charge is -2.42. The topological polar surface area (TPSA) is 24.5 Å². The highest BCUT2D eigenvalue weighted by molar-refractivity contribution is 5.48. The van der Waals surface area contributed by atoms with E-state index in [1.54, 1.807) is 0 Å². The number of benzene rings is 1. The molecule has 1 heterocycles. The van der Waals surface area contributed by atoms with Crippen LogP contribution in [0.5, 0.6) is 0 Å². The Morgan fingerprint density at radius 1 is 1.25 bits per heavy atom. The van der Waals surface area contributed by atoms with Gasteiger partial charge in [-0.3, -0.25) is 0 Å². The Balaban J connectivity index is 2.09. The monoisotopic (exact) mass is 276 g/mol. The van der Waals surface area contributed by atoms with Gasteiger partial charge in [0.05, 0.1) is 12.7 Å². The number of rotatable bonds is 4. The zero-order valence-corrected chi connectivity index (χ0v) is 13.4. The van der Waals surface area contributed by atoms with Gasteiger partial charge in [0.1, 0.15) is 0 Å². The largest absolute Gasteiger partial charge is 0.373 e. The fraction of sp³-hybridized carbons (Fsp3) is 0.647. The molecular formula is C17H28N2O. The number of hydrogen-bond donors (Lipinski definition) is 1. The first-order valence-electron chi connectivity index (χ1n) is 7.59. The summed E-state index contributed by atoms with van der Waals surface area (Å²) in [5, 5.41) is 3.36. The van der Waals surface area contributed by atoms with E-state index in [1.807, 2.05) is 7.05 Å². The maximum atomic E-state index is 5.94. The summed E-state index contributed by atoms with van der Waals surface area (Å²) in [6, 6.07) is 8.97. The number of anilines is 1. The number of nitrogens with one attached hydrogen (secondary N) is 1. The minimum atomic E-state index is -0.00343. The minimum Gasteiger partial charge on any atom is -0.373 e. The predicted molar refractivity (Wildman–Crippen MR) is 85.6 cm³/mol. The third-order valence-corrected chi connectivity index (χ3v) is 4.44. The Labute approximate surface area is 123 Å². The highest BCUT2D eigenvalue weighted by atomic mass is 16.5. The molecule has 0 aliphatic carbocycles. The Hall–Kier alpha value is -1.06. The fourth-order valence-corrected chi connectivity index (χ4v) is 2.55. The second kappa shape index (κ2) is 6.15. The molecule has 1 fully saturated rings. The van der Waals surface area contributed by atoms with Crippen LogP contribution in [-0.4, -0.2) is 38.4 Å². The van der Waals surface area contributed by atoms with Crippen LogP contribution in [0.1, 0.15) is 39.2 Å². The lowest BCUT2D eigenvalue weighted by molar-refractivity contribution is -0.0103. The molecule has 3 nitrogen and oxygen atoms in total. The van der Waals surface area contributed by atoms with Crippen LogP contribution in [0.2, 0.25) is 0 Å². The Morgan fingerprint density at radius 3 is 2.45 bits per heavy atom. The van der Waals surface area contributed by atoms with Gasteiger partial charge in [0, 0.05) is 24.3 Å². The second-order valence-electron chi connectivity index (χ2n) is 6.52. The van der Waals surface area contributed by atoms with Crippen molar-refractivity contribution in [2.24, 2.45) is 0 Å². The summed E-state index contributed by atoms with van der Waals surface area (Å²) in [6.45, 7) is 11.6. The first-order chi connectivity index (χ1) is 9.44. The van der Waals surface area contributed by atoms with E-state index < -0.39 is 0 Å². The molecule has 0 radical (unpaired) electrons. The Morgan fingerprint density at radius 2 is 1.90 bits per heavy atom. The quantitative estimate of drug-likeness (QED) is 0.915. The summed E-state index contributed by atoms with van der Waals surface area (Å²) < 4.78 is 5.94. The summed E-state index contributed by atoms with van der Waals surface area (Å²) in [5.41, 5.74) is 2.69. The van der Waals surface area contributed by atoms with Gasteiger partial charge in [0.15, 0.2) is 0 Å². The summed E-state index contributed by atoms with van der Waals surface area (Å²) in [7, 11) is 2.00. The highest BCUT2D eigenvalue weighted by Gasteiger charge is 2.33. The molecule has 1 aromatic carbocycles. The van der Waals surface area contributed by atoms with Crippen molar-refractivity contribution < 1.29 is 4.74 Å². The molecule has 0 aromatic heterocycles. The van der Waals surface area contributed by atoms with E-state index in [4.69, 9.17) is 4.74 Å². The molecule has 0 saturated carbocycles. The maximum Gasteiger partial charge on any atom is 0.0926 e. The van der Waals surface area contributed by atoms with Gasteiger partial charge < -0.3 is 15.0 Å². The van der Waals surface area contributed by atoms with Crippen molar-refractivity contribution in [2.75, 3.05) is 31.6 Å². The van der Waals surface area contributed by atoms with Crippen molar-refractivity contribution in [2.45, 2.75) is 45.3 Å². The van der Waals surface area contributed by atoms with Gasteiger partial charge in [-0.2, -0.15) is 0 Å². The molecule has 1 aliphatic heterocycles. The molecule has 3 heteroatoms. The summed E-state index contributed by atoms with van der Waals surface area (Å²) in [4.78, 5) is 2.43. The zero-order valence-electron chi connectivity index (χ0n) is 13.4. The number of morpholine rings is 1. The van der Waals surface area contributed by atoms with E-state index in [-0.39, 0.29) is 11.6 Å². The SMILES string of the molecule is CNC(C)(C)[C@H]1CN(c2ccc(C(C)C)cc2)CCO1. The van der Waals surface area contributed by atoms with Crippen LogP contribution in [0.15, 0.2) is 24.3 Å². The maximum absolute atomic E-state index is 5.94. The first-order valence-corrected chi connectivity index (χ1v) is 7.59. The minimum absolute atomic E-state index is 0.00343. The zero-order chi connectivity index (χ0) is 14.8. The van der Waals surface area contributed by atoms with Crippen LogP contribution < -0.4 is 10.2 Å². The smallest absolute Gasteiger partial charge is 0.0926 e. The molecule has 0 unspecified atom stereocenters. The Bertz CT molecular complexity index is 425. The molecule has 1 saturated heterocycles. The molecule has 1 N–H and O–H groups in total. The molecule has 112 valence electrons. The van der Waals surface area contributed by atoms with Gasteiger partial charge in [-0.25, -0.2) is 0 Å². The van der Waals surface area contributed by atoms with Gasteiger partial charge in [-0.1, -0.05) is 26.0 Å². The Kier molecular flexibility index (Phi) is 4.71. The van der Waals surface area contributed by atoms with Gasteiger partial charge in [0.25, 0.3) is 0 Å². The molecule has 1 aliphatic rings. The summed E-state index contributed by atoms with van der Waals surface area (Å²) in [5.74, 6) is 0.588. The summed E-state index contributed by atoms with van der Waals surface area (Å²) in [6.07, 6.45) is 0.214. The lowest BCUT2D eigenvalue weighted by atomic mass is 9.95. The number of likely N-dealkylation sites (N-methyl/N-ethyl adjacent to an activating group) is 1. The third-order valence-electron chi connectivity index (χ3n) is 4.44. The van der Waals surface area contributed by atoms with Crippen LogP contribution in [0.25, 0.3) is 0 Å². The molecule has 0 spiro atoms. The van der Waals surface area contributed by atoms with Crippen LogP contribution in [0.4, 0.5) is 5.69 Å². The van der Waals surface area contributed by atoms with E-state index in [1.165, 1.54) is 11.3 Å². The summed E-state index contributed by atoms with van der Waals surface area (Å²) >= 11 is 0. The number of nitrogens with zero attached hydrogens (tertiary/aromatic N) is 1. The van der Waals surface area contributed by atoms with E-state index in [2.05, 4.69) is 62.2 Å². The second-order valence-corrected chi connectivity index (χ2v) is 6.52. The van der Waals surface area contributed by atoms with Crippen LogP contribution >= 0.6 is 0 Å². The van der Waals surface area contributed by atoms with E-state index in [9.17, 15) is 0 Å². The number of hydrogen-bond acceptors (Lipinski definition) is 3. The van der Waals surface area contributed by atoms with Gasteiger partial charge >= 0.3 is 0 Å². The standard InChI is InChI=1S/C17H28N2O/c1-13(2)14-6-8-15(9-7-14)19-10-11-20-16(12-19)17(3,4)18-5/h6-9,13,16,18H,10-12H2,1-5H3/t16-/m1/s1. The lowest BCUT2D eigenvalue weighted by Crippen LogP contribution is -2.57. The molecular weight excluding hydrogens is 248 g/mol. The van der Waals surface area contributed by atoms with Crippen molar-refractivity contribution in [3.8, 4) is 0 Å². The molecule has 0 amide bonds. The van der Waals surface area contributed by atoms with Crippen LogP contribution in [0, 0.1) is 0 Å². The van der Waals surface area contributed by atoms with Crippen molar-refractivity contribution >= 4 is 5.69 Å². The fourth-order valence-electron chi connectivity index (χ4n) is 2.55. The van der Waals surface area contributed by atoms with Crippen LogP contribution in [-0.2, 0) is 4.74 Å². The van der Waals surface area contributed by atoms with Gasteiger partial charge in [-0.15, -0.1) is 0 Å². The van der Waals surface area contributed by atoms with Crippen LogP contribution in [0.3, 0.4) is 0 Å². The molecule has 20 heavy (non-hydrogen) atoms. The molecule has 1 atom stereocenters. The van der Waals surface area contributed by atoms with Crippen molar-refractivity contribution in [1.82, 2.24) is 5.32 Å². The highest BCUT2D eigenvalue weighted by Crippen LogP contribution is 2.24. The van der Waals surface area contributed by atoms with E-state index in [0.29, 0.717) is 5.92 Å². The molecule has 2 rings (SSSR count). The van der Waals surface area contributed by atoms with Crippen molar-refractivity contribution in [3.63, 3.8) is 0 Å². The molecule has 0 bridgehead atoms. The average molecular weight is 276 g/mol. The van der Waals surface area contributed by atoms with Crippen molar-refractivity contribution in [3.05, 3.63) is 29.8 Å². The van der Waals surface area contributed by atoms with Crippen molar-refractivity contribution in [1.29, 1.82) is 0 Å². The first kappa shape index (κ1) is 15.3. The van der Waals surface area contributed by atoms with Gasteiger partial charge in [0.2, 0.25) is 0 Å².